The molecule has 2 aromatic rings. The van der Waals surface area contributed by atoms with E-state index in [9.17, 15) is 19.2 Å². The van der Waals surface area contributed by atoms with Gasteiger partial charge in [-0.05, 0) is 55.4 Å². The molecule has 0 radical (unpaired) electrons. The maximum atomic E-state index is 13.5. The number of hydrogen-bond donors (Lipinski definition) is 2. The molecule has 3 aliphatic rings. The van der Waals surface area contributed by atoms with Crippen molar-refractivity contribution in [3.05, 3.63) is 59.8 Å². The predicted octanol–water partition coefficient (Wildman–Crippen LogP) is 4.33. The van der Waals surface area contributed by atoms with Gasteiger partial charge in [0.15, 0.2) is 0 Å². The molecular weight excluding hydrogens is 602 g/mol. The topological polar surface area (TPSA) is 150 Å². The van der Waals surface area contributed by atoms with Crippen LogP contribution in [0.2, 0.25) is 0 Å². The Morgan fingerprint density at radius 2 is 1.51 bits per heavy atom. The minimum Gasteiger partial charge on any atom is -0.399 e. The number of benzene rings is 1. The molecule has 1 saturated carbocycles. The number of piperazine rings is 2. The third-order valence-electron chi connectivity index (χ3n) is 8.96. The minimum absolute atomic E-state index is 0.168. The molecule has 0 bridgehead atoms. The number of nitrogens with one attached hydrogen (secondary N) is 1. The number of nitrogens with two attached hydrogens (primary N) is 1. The van der Waals surface area contributed by atoms with E-state index >= 15 is 0 Å². The second-order valence-corrected chi connectivity index (χ2v) is 12.2. The largest absolute Gasteiger partial charge is 0.419 e. The number of ether oxygens (including phenoxy) is 1. The molecule has 2 aliphatic heterocycles. The second kappa shape index (κ2) is 16.2. The normalized spacial score (nSPS) is 17.6. The molecule has 254 valence electrons. The van der Waals surface area contributed by atoms with Gasteiger partial charge in [0.2, 0.25) is 0 Å². The number of aromatic nitrogens is 2. The van der Waals surface area contributed by atoms with Crippen molar-refractivity contribution in [1.82, 2.24) is 34.6 Å². The summed E-state index contributed by atoms with van der Waals surface area (Å²) < 4.78 is 7.02. The average Bonchev–Trinajstić information content (AvgIpc) is 3.61. The standard InChI is InChI=1S/C33H47N9O5/c1-2-15-42(40-16-14-35-25-40)31(44)37-17-19-38(20-18-37)32(45)47-33(46)39-21-22-41(29(24-39)27-8-6-4-3-5-7-9-27)30(43)36-23-26-10-12-28(34)13-11-26/h10-14,16,25H,2-9,15,17-24,34H2,1H3,(H,36,43). The van der Waals surface area contributed by atoms with E-state index in [4.69, 9.17) is 10.5 Å². The van der Waals surface area contributed by atoms with Crippen molar-refractivity contribution in [3.8, 4) is 0 Å². The van der Waals surface area contributed by atoms with Gasteiger partial charge in [-0.25, -0.2) is 33.8 Å². The van der Waals surface area contributed by atoms with Gasteiger partial charge in [-0.3, -0.25) is 4.90 Å². The van der Waals surface area contributed by atoms with E-state index < -0.39 is 12.2 Å². The molecule has 1 aromatic carbocycles. The van der Waals surface area contributed by atoms with Gasteiger partial charge in [0, 0.05) is 76.1 Å². The lowest BCUT2D eigenvalue weighted by atomic mass is 9.93. The molecule has 14 nitrogen and oxygen atoms in total. The first-order chi connectivity index (χ1) is 22.8. The van der Waals surface area contributed by atoms with Crippen molar-refractivity contribution in [3.63, 3.8) is 0 Å². The fourth-order valence-electron chi connectivity index (χ4n) is 6.28. The third kappa shape index (κ3) is 8.74. The highest BCUT2D eigenvalue weighted by Crippen LogP contribution is 2.28. The maximum Gasteiger partial charge on any atom is 0.419 e. The molecule has 6 amide bonds. The molecule has 0 unspecified atom stereocenters. The summed E-state index contributed by atoms with van der Waals surface area (Å²) in [6.45, 7) is 4.74. The predicted molar refractivity (Wildman–Crippen MR) is 177 cm³/mol. The zero-order chi connectivity index (χ0) is 33.2. The van der Waals surface area contributed by atoms with Gasteiger partial charge in [-0.2, -0.15) is 0 Å². The molecular formula is C33H47N9O5. The molecule has 14 heteroatoms. The lowest BCUT2D eigenvalue weighted by molar-refractivity contribution is 0.0754. The Labute approximate surface area is 276 Å². The summed E-state index contributed by atoms with van der Waals surface area (Å²) in [5.74, 6) is 0. The van der Waals surface area contributed by atoms with Gasteiger partial charge in [0.25, 0.3) is 0 Å². The van der Waals surface area contributed by atoms with Crippen LogP contribution >= 0.6 is 0 Å². The molecule has 47 heavy (non-hydrogen) atoms. The van der Waals surface area contributed by atoms with Crippen LogP contribution in [0.1, 0.15) is 63.9 Å². The van der Waals surface area contributed by atoms with Crippen molar-refractivity contribution >= 4 is 29.9 Å². The van der Waals surface area contributed by atoms with Gasteiger partial charge in [0.05, 0.1) is 6.54 Å². The Kier molecular flexibility index (Phi) is 11.6. The average molecular weight is 650 g/mol. The van der Waals surface area contributed by atoms with E-state index in [0.717, 1.165) is 56.2 Å². The van der Waals surface area contributed by atoms with Crippen molar-refractivity contribution in [1.29, 1.82) is 0 Å². The second-order valence-electron chi connectivity index (χ2n) is 12.2. The summed E-state index contributed by atoms with van der Waals surface area (Å²) in [5.41, 5.74) is 9.40. The Morgan fingerprint density at radius 1 is 0.872 bits per heavy atom. The zero-order valence-electron chi connectivity index (χ0n) is 27.3. The molecule has 3 heterocycles. The summed E-state index contributed by atoms with van der Waals surface area (Å²) in [7, 11) is 0. The number of carbonyl (C=O) groups is 4. The van der Waals surface area contributed by atoms with Gasteiger partial charge >= 0.3 is 24.2 Å². The zero-order valence-corrected chi connectivity index (χ0v) is 27.3. The van der Waals surface area contributed by atoms with E-state index in [2.05, 4.69) is 10.3 Å². The number of nitrogens with zero attached hydrogens (tertiary/aromatic N) is 7. The number of nitrogen functional groups attached to an aromatic ring is 1. The van der Waals surface area contributed by atoms with Crippen LogP contribution in [0.15, 0.2) is 54.3 Å². The fourth-order valence-corrected chi connectivity index (χ4v) is 6.28. The van der Waals surface area contributed by atoms with Crippen LogP contribution in [-0.4, -0.2) is 106 Å². The van der Waals surface area contributed by atoms with E-state index in [0.29, 0.717) is 38.4 Å². The molecule has 1 aromatic heterocycles. The van der Waals surface area contributed by atoms with Crippen LogP contribution in [0.3, 0.4) is 0 Å². The smallest absolute Gasteiger partial charge is 0.399 e. The first kappa shape index (κ1) is 33.6. The van der Waals surface area contributed by atoms with Gasteiger partial charge in [0.1, 0.15) is 6.33 Å². The highest BCUT2D eigenvalue weighted by molar-refractivity contribution is 5.86. The fraction of sp³-hybridized carbons (Fsp3) is 0.545. The molecule has 2 saturated heterocycles. The molecule has 3 fully saturated rings. The monoisotopic (exact) mass is 649 g/mol. The number of imidazole rings is 1. The quantitative estimate of drug-likeness (QED) is 0.362. The Hall–Kier alpha value is -4.75. The first-order valence-corrected chi connectivity index (χ1v) is 16.7. The van der Waals surface area contributed by atoms with Crippen LogP contribution in [0.4, 0.5) is 24.9 Å². The maximum absolute atomic E-state index is 13.5. The molecule has 3 N–H and O–H groups in total. The summed E-state index contributed by atoms with van der Waals surface area (Å²) in [4.78, 5) is 63.5. The molecule has 0 spiro atoms. The molecule has 0 atom stereocenters. The van der Waals surface area contributed by atoms with Crippen LogP contribution in [0, 0.1) is 0 Å². The number of rotatable bonds is 5. The van der Waals surface area contributed by atoms with E-state index in [1.165, 1.54) is 21.8 Å². The van der Waals surface area contributed by atoms with Gasteiger partial charge in [-0.1, -0.05) is 38.3 Å². The van der Waals surface area contributed by atoms with E-state index in [1.807, 2.05) is 19.1 Å². The van der Waals surface area contributed by atoms with E-state index in [1.54, 1.807) is 50.3 Å². The van der Waals surface area contributed by atoms with Gasteiger partial charge < -0.3 is 30.5 Å². The van der Waals surface area contributed by atoms with Crippen molar-refractivity contribution in [2.75, 3.05) is 63.1 Å². The minimum atomic E-state index is -0.731. The summed E-state index contributed by atoms with van der Waals surface area (Å²) >= 11 is 0. The number of carbonyl (C=O) groups excluding carboxylic acids is 4. The number of anilines is 1. The lowest BCUT2D eigenvalue weighted by Gasteiger charge is -2.39. The Balaban J connectivity index is 1.18. The number of allylic oxidation sites excluding steroid dienone is 1. The highest BCUT2D eigenvalue weighted by atomic mass is 16.6. The number of amides is 6. The summed E-state index contributed by atoms with van der Waals surface area (Å²) in [6.07, 6.45) is 11.5. The van der Waals surface area contributed by atoms with Crippen molar-refractivity contribution in [2.24, 2.45) is 0 Å². The van der Waals surface area contributed by atoms with Gasteiger partial charge in [-0.15, -0.1) is 0 Å². The Morgan fingerprint density at radius 3 is 2.17 bits per heavy atom. The molecule has 5 rings (SSSR count). The lowest BCUT2D eigenvalue weighted by Crippen LogP contribution is -2.57. The summed E-state index contributed by atoms with van der Waals surface area (Å²) in [6, 6.07) is 6.99. The van der Waals surface area contributed by atoms with Crippen LogP contribution in [-0.2, 0) is 11.3 Å². The highest BCUT2D eigenvalue weighted by Gasteiger charge is 2.34. The Bertz CT molecular complexity index is 1390. The molecule has 1 aliphatic carbocycles. The number of urea groups is 2. The SMILES string of the molecule is CCCN(C(=O)N1CCN(C(=O)OC(=O)N2CCN(C(=O)NCc3ccc(N)cc3)C(=C3CCCCCCC3)C2)CC1)n1ccnc1. The first-order valence-electron chi connectivity index (χ1n) is 16.7. The number of hydrogen-bond acceptors (Lipinski definition) is 7. The van der Waals surface area contributed by atoms with Crippen LogP contribution in [0.25, 0.3) is 0 Å². The van der Waals surface area contributed by atoms with E-state index in [-0.39, 0.29) is 38.2 Å². The van der Waals surface area contributed by atoms with Crippen molar-refractivity contribution < 1.29 is 23.9 Å². The third-order valence-corrected chi connectivity index (χ3v) is 8.96. The summed E-state index contributed by atoms with van der Waals surface area (Å²) in [5, 5.41) is 4.63. The van der Waals surface area contributed by atoms with Crippen LogP contribution < -0.4 is 16.1 Å². The van der Waals surface area contributed by atoms with Crippen LogP contribution in [0.5, 0.6) is 0 Å². The van der Waals surface area contributed by atoms with Crippen molar-refractivity contribution in [2.45, 2.75) is 64.8 Å².